The number of aromatic nitrogens is 2. The van der Waals surface area contributed by atoms with Gasteiger partial charge in [0.1, 0.15) is 12.6 Å². The third-order valence-corrected chi connectivity index (χ3v) is 8.45. The predicted molar refractivity (Wildman–Crippen MR) is 122 cm³/mol. The van der Waals surface area contributed by atoms with Crippen LogP contribution in [-0.4, -0.2) is 46.4 Å². The van der Waals surface area contributed by atoms with Gasteiger partial charge in [-0.3, -0.25) is 18.8 Å². The smallest absolute Gasteiger partial charge is 0.324 e. The first-order valence-corrected chi connectivity index (χ1v) is 12.8. The van der Waals surface area contributed by atoms with Gasteiger partial charge in [-0.15, -0.1) is 11.3 Å². The van der Waals surface area contributed by atoms with Crippen LogP contribution in [0.1, 0.15) is 47.9 Å². The molecule has 0 amide bonds. The number of sulfonamides is 1. The van der Waals surface area contributed by atoms with E-state index in [1.807, 2.05) is 5.38 Å². The van der Waals surface area contributed by atoms with Crippen molar-refractivity contribution in [3.8, 4) is 0 Å². The number of nitrogens with zero attached hydrogens (tertiary/aromatic N) is 3. The lowest BCUT2D eigenvalue weighted by Crippen LogP contribution is -2.48. The molecule has 0 saturated carbocycles. The molecule has 9 nitrogen and oxygen atoms in total. The van der Waals surface area contributed by atoms with Crippen LogP contribution < -0.4 is 5.56 Å². The molecule has 1 saturated heterocycles. The number of ether oxygens (including phenoxy) is 1. The standard InChI is InChI=1S/C22H23N3O6S2/c1-14-13-32-22-23-17(11-20(27)25(14)22)12-31-21(28)19-5-3-4-10-24(19)33(29,30)18-8-6-16(7-9-18)15(2)26/h6-9,11,13,19H,3-5,10,12H2,1-2H3. The molecule has 1 fully saturated rings. The lowest BCUT2D eigenvalue weighted by molar-refractivity contribution is -0.150. The van der Waals surface area contributed by atoms with Crippen LogP contribution in [-0.2, 0) is 26.2 Å². The molecular formula is C22H23N3O6S2. The third-order valence-electron chi connectivity index (χ3n) is 5.58. The Hall–Kier alpha value is -2.89. The van der Waals surface area contributed by atoms with Crippen LogP contribution in [0.2, 0.25) is 0 Å². The minimum atomic E-state index is -3.96. The first-order chi connectivity index (χ1) is 15.7. The van der Waals surface area contributed by atoms with E-state index < -0.39 is 22.0 Å². The fourth-order valence-electron chi connectivity index (χ4n) is 3.84. The summed E-state index contributed by atoms with van der Waals surface area (Å²) in [6.07, 6.45) is 1.65. The van der Waals surface area contributed by atoms with Gasteiger partial charge >= 0.3 is 5.97 Å². The van der Waals surface area contributed by atoms with Gasteiger partial charge < -0.3 is 4.74 Å². The van der Waals surface area contributed by atoms with Gasteiger partial charge in [0.15, 0.2) is 10.7 Å². The molecule has 1 aliphatic rings. The van der Waals surface area contributed by atoms with Crippen LogP contribution >= 0.6 is 11.3 Å². The number of hydrogen-bond acceptors (Lipinski definition) is 8. The highest BCUT2D eigenvalue weighted by molar-refractivity contribution is 7.89. The summed E-state index contributed by atoms with van der Waals surface area (Å²) in [5, 5.41) is 1.81. The van der Waals surface area contributed by atoms with E-state index in [9.17, 15) is 22.8 Å². The number of carbonyl (C=O) groups excluding carboxylic acids is 2. The largest absolute Gasteiger partial charge is 0.458 e. The molecule has 0 N–H and O–H groups in total. The average molecular weight is 490 g/mol. The van der Waals surface area contributed by atoms with Crippen LogP contribution in [0.15, 0.2) is 45.4 Å². The monoisotopic (exact) mass is 489 g/mol. The number of hydrogen-bond donors (Lipinski definition) is 0. The SMILES string of the molecule is CC(=O)c1ccc(S(=O)(=O)N2CCCCC2C(=O)OCc2cc(=O)n3c(C)csc3n2)cc1. The van der Waals surface area contributed by atoms with Crippen LogP contribution in [0.3, 0.4) is 0 Å². The van der Waals surface area contributed by atoms with Crippen LogP contribution in [0.5, 0.6) is 0 Å². The zero-order valence-corrected chi connectivity index (χ0v) is 19.8. The first-order valence-electron chi connectivity index (χ1n) is 10.4. The zero-order chi connectivity index (χ0) is 23.8. The van der Waals surface area contributed by atoms with E-state index in [2.05, 4.69) is 4.98 Å². The topological polar surface area (TPSA) is 115 Å². The minimum absolute atomic E-state index is 0.0143. The Bertz CT molecular complexity index is 1380. The van der Waals surface area contributed by atoms with Gasteiger partial charge in [0.05, 0.1) is 10.6 Å². The fourth-order valence-corrected chi connectivity index (χ4v) is 6.38. The summed E-state index contributed by atoms with van der Waals surface area (Å²) in [6.45, 7) is 3.18. The zero-order valence-electron chi connectivity index (χ0n) is 18.2. The Morgan fingerprint density at radius 1 is 1.21 bits per heavy atom. The Morgan fingerprint density at radius 2 is 1.94 bits per heavy atom. The van der Waals surface area contributed by atoms with Crippen LogP contribution in [0.4, 0.5) is 0 Å². The molecule has 3 aromatic rings. The van der Waals surface area contributed by atoms with E-state index in [1.165, 1.54) is 53.0 Å². The van der Waals surface area contributed by atoms with E-state index in [4.69, 9.17) is 4.74 Å². The maximum absolute atomic E-state index is 13.2. The molecular weight excluding hydrogens is 466 g/mol. The van der Waals surface area contributed by atoms with E-state index in [0.717, 1.165) is 10.00 Å². The van der Waals surface area contributed by atoms with Crippen LogP contribution in [0, 0.1) is 6.92 Å². The average Bonchev–Trinajstić information content (AvgIpc) is 3.18. The van der Waals surface area contributed by atoms with Gasteiger partial charge in [-0.1, -0.05) is 12.1 Å². The molecule has 174 valence electrons. The molecule has 11 heteroatoms. The number of aryl methyl sites for hydroxylation is 1. The van der Waals surface area contributed by atoms with Crippen molar-refractivity contribution in [2.24, 2.45) is 0 Å². The Morgan fingerprint density at radius 3 is 2.64 bits per heavy atom. The number of piperidine rings is 1. The second kappa shape index (κ2) is 9.16. The number of esters is 1. The molecule has 2 aromatic heterocycles. The molecule has 1 aliphatic heterocycles. The third kappa shape index (κ3) is 4.61. The molecule has 33 heavy (non-hydrogen) atoms. The summed E-state index contributed by atoms with van der Waals surface area (Å²) in [7, 11) is -3.96. The van der Waals surface area contributed by atoms with Gasteiger partial charge in [-0.2, -0.15) is 4.31 Å². The molecule has 0 radical (unpaired) electrons. The highest BCUT2D eigenvalue weighted by atomic mass is 32.2. The summed E-state index contributed by atoms with van der Waals surface area (Å²) in [4.78, 5) is 41.5. The predicted octanol–water partition coefficient (Wildman–Crippen LogP) is 2.55. The number of carbonyl (C=O) groups is 2. The summed E-state index contributed by atoms with van der Waals surface area (Å²) in [6, 6.07) is 6.01. The highest BCUT2D eigenvalue weighted by Crippen LogP contribution is 2.27. The molecule has 3 heterocycles. The molecule has 0 spiro atoms. The molecule has 1 aromatic carbocycles. The van der Waals surface area contributed by atoms with Gasteiger partial charge in [-0.05, 0) is 45.2 Å². The van der Waals surface area contributed by atoms with Crippen molar-refractivity contribution in [3.63, 3.8) is 0 Å². The van der Waals surface area contributed by atoms with Crippen molar-refractivity contribution in [2.75, 3.05) is 6.54 Å². The first kappa shape index (κ1) is 23.3. The molecule has 1 unspecified atom stereocenters. The molecule has 0 bridgehead atoms. The normalized spacial score (nSPS) is 17.2. The van der Waals surface area contributed by atoms with E-state index >= 15 is 0 Å². The number of ketones is 1. The Balaban J connectivity index is 1.52. The summed E-state index contributed by atoms with van der Waals surface area (Å²) in [5.41, 5.74) is 1.22. The lowest BCUT2D eigenvalue weighted by Gasteiger charge is -2.33. The molecule has 4 rings (SSSR count). The van der Waals surface area contributed by atoms with Crippen molar-refractivity contribution in [1.82, 2.24) is 13.7 Å². The highest BCUT2D eigenvalue weighted by Gasteiger charge is 2.38. The van der Waals surface area contributed by atoms with Gasteiger partial charge in [0.25, 0.3) is 5.56 Å². The quantitative estimate of drug-likeness (QED) is 0.386. The van der Waals surface area contributed by atoms with Gasteiger partial charge in [0, 0.05) is 29.2 Å². The Kier molecular flexibility index (Phi) is 6.46. The number of Topliss-reactive ketones (excluding diaryl/α,β-unsaturated/α-hetero) is 1. The van der Waals surface area contributed by atoms with Crippen molar-refractivity contribution in [2.45, 2.75) is 50.7 Å². The van der Waals surface area contributed by atoms with Gasteiger partial charge in [0.2, 0.25) is 10.0 Å². The fraction of sp³-hybridized carbons (Fsp3) is 0.364. The molecule has 1 atom stereocenters. The second-order valence-electron chi connectivity index (χ2n) is 7.90. The van der Waals surface area contributed by atoms with Crippen molar-refractivity contribution < 1.29 is 22.7 Å². The summed E-state index contributed by atoms with van der Waals surface area (Å²) in [5.74, 6) is -0.842. The molecule has 0 aliphatic carbocycles. The summed E-state index contributed by atoms with van der Waals surface area (Å²) < 4.78 is 34.5. The number of benzene rings is 1. The number of thiazole rings is 1. The summed E-state index contributed by atoms with van der Waals surface area (Å²) >= 11 is 1.31. The van der Waals surface area contributed by atoms with E-state index in [1.54, 1.807) is 6.92 Å². The second-order valence-corrected chi connectivity index (χ2v) is 10.6. The van der Waals surface area contributed by atoms with Gasteiger partial charge in [-0.25, -0.2) is 13.4 Å². The lowest BCUT2D eigenvalue weighted by atomic mass is 10.1. The van der Waals surface area contributed by atoms with Crippen molar-refractivity contribution >= 4 is 38.1 Å². The van der Waals surface area contributed by atoms with E-state index in [0.29, 0.717) is 35.5 Å². The van der Waals surface area contributed by atoms with Crippen LogP contribution in [0.25, 0.3) is 4.96 Å². The Labute approximate surface area is 194 Å². The minimum Gasteiger partial charge on any atom is -0.458 e. The number of fused-ring (bicyclic) bond motifs is 1. The maximum Gasteiger partial charge on any atom is 0.324 e. The number of rotatable bonds is 6. The van der Waals surface area contributed by atoms with Crippen molar-refractivity contribution in [1.29, 1.82) is 0 Å². The van der Waals surface area contributed by atoms with Crippen molar-refractivity contribution in [3.05, 3.63) is 63.0 Å². The van der Waals surface area contributed by atoms with E-state index in [-0.39, 0.29) is 29.4 Å². The maximum atomic E-state index is 13.2.